The van der Waals surface area contributed by atoms with E-state index in [1.165, 1.54) is 4.90 Å². The largest absolute Gasteiger partial charge is 0.323 e. The van der Waals surface area contributed by atoms with Gasteiger partial charge in [0.05, 0.1) is 24.9 Å². The lowest BCUT2D eigenvalue weighted by molar-refractivity contribution is -0.131. The van der Waals surface area contributed by atoms with E-state index in [2.05, 4.69) is 26.1 Å². The molecule has 0 spiro atoms. The molecule has 3 rings (SSSR count). The molecule has 3 fully saturated rings. The highest BCUT2D eigenvalue weighted by molar-refractivity contribution is 8.22. The summed E-state index contributed by atoms with van der Waals surface area (Å²) in [7, 11) is -2.63. The van der Waals surface area contributed by atoms with Crippen LogP contribution in [0.25, 0.3) is 0 Å². The predicted molar refractivity (Wildman–Crippen MR) is 107 cm³/mol. The van der Waals surface area contributed by atoms with Crippen LogP contribution in [0.5, 0.6) is 0 Å². The molecule has 4 atom stereocenters. The zero-order valence-electron chi connectivity index (χ0n) is 17.0. The number of alkyl halides is 1. The first kappa shape index (κ1) is 21.8. The van der Waals surface area contributed by atoms with Crippen molar-refractivity contribution in [3.63, 3.8) is 0 Å². The van der Waals surface area contributed by atoms with Crippen molar-refractivity contribution in [3.05, 3.63) is 0 Å². The van der Waals surface area contributed by atoms with E-state index in [0.29, 0.717) is 18.8 Å². The van der Waals surface area contributed by atoms with Crippen LogP contribution in [0.1, 0.15) is 46.5 Å². The number of carbonyl (C=O) groups is 1. The van der Waals surface area contributed by atoms with Crippen LogP contribution in [-0.4, -0.2) is 73.9 Å². The van der Waals surface area contributed by atoms with E-state index in [1.54, 1.807) is 0 Å². The van der Waals surface area contributed by atoms with Crippen molar-refractivity contribution < 1.29 is 18.3 Å². The first-order chi connectivity index (χ1) is 13.0. The van der Waals surface area contributed by atoms with Gasteiger partial charge in [0, 0.05) is 25.0 Å². The Morgan fingerprint density at radius 2 is 2.11 bits per heavy atom. The van der Waals surface area contributed by atoms with Gasteiger partial charge in [0.1, 0.15) is 12.2 Å². The maximum atomic E-state index is 13.6. The summed E-state index contributed by atoms with van der Waals surface area (Å²) in [5.41, 5.74) is -0.458. The van der Waals surface area contributed by atoms with Crippen molar-refractivity contribution in [3.8, 4) is 6.07 Å². The molecule has 3 aliphatic rings. The molecule has 9 heteroatoms. The summed E-state index contributed by atoms with van der Waals surface area (Å²) in [6.45, 7) is 7.86. The SMILES string of the molecule is CC1(C)[C@H](CN2CCCS2(O)O)CC[C@]1(C)NCC(=O)N1C[C@@H](F)C[C@H]1C#N. The van der Waals surface area contributed by atoms with E-state index in [-0.39, 0.29) is 42.3 Å². The third-order valence-electron chi connectivity index (χ3n) is 7.45. The highest BCUT2D eigenvalue weighted by atomic mass is 32.3. The Morgan fingerprint density at radius 1 is 1.39 bits per heavy atom. The average molecular weight is 417 g/mol. The van der Waals surface area contributed by atoms with Gasteiger partial charge in [-0.25, -0.2) is 8.70 Å². The van der Waals surface area contributed by atoms with Crippen molar-refractivity contribution >= 4 is 16.7 Å². The van der Waals surface area contributed by atoms with Gasteiger partial charge in [-0.2, -0.15) is 5.26 Å². The second-order valence-electron chi connectivity index (χ2n) is 9.24. The smallest absolute Gasteiger partial charge is 0.237 e. The lowest BCUT2D eigenvalue weighted by atomic mass is 9.71. The van der Waals surface area contributed by atoms with Crippen LogP contribution in [0.2, 0.25) is 0 Å². The average Bonchev–Trinajstić information content (AvgIpc) is 3.23. The Labute approximate surface area is 168 Å². The number of nitrogens with zero attached hydrogens (tertiary/aromatic N) is 3. The molecule has 3 N–H and O–H groups in total. The molecule has 7 nitrogen and oxygen atoms in total. The molecule has 2 saturated heterocycles. The number of hydrogen-bond acceptors (Lipinski definition) is 6. The Hall–Kier alpha value is -0.920. The summed E-state index contributed by atoms with van der Waals surface area (Å²) in [6.07, 6.45) is 1.59. The van der Waals surface area contributed by atoms with Gasteiger partial charge in [0.25, 0.3) is 0 Å². The minimum absolute atomic E-state index is 0.00566. The number of hydrogen-bond donors (Lipinski definition) is 3. The van der Waals surface area contributed by atoms with Gasteiger partial charge in [-0.1, -0.05) is 13.8 Å². The van der Waals surface area contributed by atoms with Gasteiger partial charge in [-0.3, -0.25) is 13.9 Å². The number of carbonyl (C=O) groups excluding carboxylic acids is 1. The Balaban J connectivity index is 1.61. The lowest BCUT2D eigenvalue weighted by Crippen LogP contribution is -2.56. The molecule has 1 amide bonds. The summed E-state index contributed by atoms with van der Waals surface area (Å²) >= 11 is 0. The minimum atomic E-state index is -2.63. The Morgan fingerprint density at radius 3 is 2.71 bits per heavy atom. The van der Waals surface area contributed by atoms with Gasteiger partial charge in [-0.15, -0.1) is 10.8 Å². The highest BCUT2D eigenvalue weighted by Crippen LogP contribution is 2.54. The van der Waals surface area contributed by atoms with Crippen LogP contribution >= 0.6 is 10.8 Å². The Bertz CT molecular complexity index is 656. The number of nitrogens with one attached hydrogen (secondary N) is 1. The van der Waals surface area contributed by atoms with Gasteiger partial charge in [-0.05, 0) is 37.5 Å². The lowest BCUT2D eigenvalue weighted by Gasteiger charge is -2.45. The molecular weight excluding hydrogens is 383 g/mol. The van der Waals surface area contributed by atoms with Crippen LogP contribution in [0.3, 0.4) is 0 Å². The molecule has 160 valence electrons. The first-order valence-electron chi connectivity index (χ1n) is 10.1. The summed E-state index contributed by atoms with van der Waals surface area (Å²) < 4.78 is 35.9. The van der Waals surface area contributed by atoms with Crippen molar-refractivity contribution in [2.24, 2.45) is 11.3 Å². The number of nitriles is 1. The summed E-state index contributed by atoms with van der Waals surface area (Å²) in [6, 6.07) is 1.34. The molecule has 0 aromatic rings. The fourth-order valence-corrected chi connectivity index (χ4v) is 6.57. The molecule has 0 unspecified atom stereocenters. The zero-order chi connectivity index (χ0) is 20.7. The number of rotatable bonds is 5. The van der Waals surface area contributed by atoms with Gasteiger partial charge < -0.3 is 10.2 Å². The van der Waals surface area contributed by atoms with Crippen LogP contribution < -0.4 is 5.32 Å². The molecule has 28 heavy (non-hydrogen) atoms. The molecule has 0 radical (unpaired) electrons. The summed E-state index contributed by atoms with van der Waals surface area (Å²) in [5.74, 6) is 0.495. The summed E-state index contributed by atoms with van der Waals surface area (Å²) in [4.78, 5) is 13.9. The van der Waals surface area contributed by atoms with Crippen molar-refractivity contribution in [1.82, 2.24) is 14.5 Å². The quantitative estimate of drug-likeness (QED) is 0.637. The van der Waals surface area contributed by atoms with Crippen LogP contribution in [0.4, 0.5) is 4.39 Å². The maximum Gasteiger partial charge on any atom is 0.237 e. The molecule has 1 aliphatic carbocycles. The van der Waals surface area contributed by atoms with Crippen molar-refractivity contribution in [1.29, 1.82) is 5.26 Å². The minimum Gasteiger partial charge on any atom is -0.323 e. The third-order valence-corrected chi connectivity index (χ3v) is 9.44. The standard InChI is InChI=1S/C19H33FN4O3S/c1-18(2)14(12-23-7-4-8-28(23,26)27)5-6-19(18,3)22-11-17(25)24-13-15(20)9-16(24)10-21/h14-16,22,26-27H,4-9,11-13H2,1-3H3/t14-,15-,16-,19-/m0/s1. The molecule has 0 aromatic carbocycles. The molecule has 2 heterocycles. The predicted octanol–water partition coefficient (Wildman–Crippen LogP) is 2.60. The highest BCUT2D eigenvalue weighted by Gasteiger charge is 2.52. The molecule has 1 saturated carbocycles. The van der Waals surface area contributed by atoms with Gasteiger partial charge >= 0.3 is 0 Å². The number of halogens is 1. The third kappa shape index (κ3) is 3.90. The second-order valence-corrected chi connectivity index (χ2v) is 11.4. The van der Waals surface area contributed by atoms with Crippen LogP contribution in [0, 0.1) is 22.7 Å². The topological polar surface area (TPSA) is 99.8 Å². The maximum absolute atomic E-state index is 13.6. The van der Waals surface area contributed by atoms with E-state index < -0.39 is 23.0 Å². The number of amides is 1. The molecular formula is C19H33FN4O3S. The van der Waals surface area contributed by atoms with Crippen molar-refractivity contribution in [2.75, 3.05) is 31.9 Å². The van der Waals surface area contributed by atoms with Crippen LogP contribution in [0.15, 0.2) is 0 Å². The normalized spacial score (nSPS) is 38.5. The van der Waals surface area contributed by atoms with Gasteiger partial charge in [0.15, 0.2) is 0 Å². The fourth-order valence-electron chi connectivity index (χ4n) is 4.95. The van der Waals surface area contributed by atoms with E-state index in [0.717, 1.165) is 19.3 Å². The zero-order valence-corrected chi connectivity index (χ0v) is 17.8. The first-order valence-corrected chi connectivity index (χ1v) is 11.8. The second kappa shape index (κ2) is 7.73. The van der Waals surface area contributed by atoms with Crippen molar-refractivity contribution in [2.45, 2.75) is 64.2 Å². The van der Waals surface area contributed by atoms with Crippen LogP contribution in [-0.2, 0) is 4.79 Å². The number of likely N-dealkylation sites (tertiary alicyclic amines) is 1. The van der Waals surface area contributed by atoms with E-state index >= 15 is 0 Å². The molecule has 0 bridgehead atoms. The molecule has 0 aromatic heterocycles. The Kier molecular flexibility index (Phi) is 6.01. The van der Waals surface area contributed by atoms with E-state index in [1.807, 2.05) is 10.4 Å². The van der Waals surface area contributed by atoms with Gasteiger partial charge in [0.2, 0.25) is 5.91 Å². The molecule has 2 aliphatic heterocycles. The van der Waals surface area contributed by atoms with E-state index in [9.17, 15) is 18.3 Å². The summed E-state index contributed by atoms with van der Waals surface area (Å²) in [5, 5.41) is 12.6. The fraction of sp³-hybridized carbons (Fsp3) is 0.895. The monoisotopic (exact) mass is 416 g/mol. The van der Waals surface area contributed by atoms with E-state index in [4.69, 9.17) is 5.26 Å².